The van der Waals surface area contributed by atoms with Crippen LogP contribution in [0.1, 0.15) is 121 Å². The van der Waals surface area contributed by atoms with Crippen LogP contribution in [0.15, 0.2) is 18.2 Å². The molecule has 3 rings (SSSR count). The van der Waals surface area contributed by atoms with Crippen molar-refractivity contribution in [1.82, 2.24) is 0 Å². The van der Waals surface area contributed by atoms with Gasteiger partial charge in [-0.3, -0.25) is 0 Å². The van der Waals surface area contributed by atoms with Crippen LogP contribution in [0.25, 0.3) is 0 Å². The van der Waals surface area contributed by atoms with Gasteiger partial charge in [0.15, 0.2) is 0 Å². The second-order valence-corrected chi connectivity index (χ2v) is 10.4. The molecule has 2 saturated carbocycles. The first kappa shape index (κ1) is 24.4. The minimum atomic E-state index is -0.0723. The second-order valence-electron chi connectivity index (χ2n) is 10.4. The lowest BCUT2D eigenvalue weighted by molar-refractivity contribution is 0.153. The lowest BCUT2D eigenvalue weighted by atomic mass is 9.69. The van der Waals surface area contributed by atoms with Gasteiger partial charge < -0.3 is 0 Å². The van der Waals surface area contributed by atoms with E-state index in [9.17, 15) is 4.39 Å². The Morgan fingerprint density at radius 1 is 0.806 bits per heavy atom. The fourth-order valence-electron chi connectivity index (χ4n) is 5.94. The van der Waals surface area contributed by atoms with Crippen molar-refractivity contribution >= 4 is 0 Å². The van der Waals surface area contributed by atoms with Gasteiger partial charge in [-0.25, -0.2) is 4.39 Å². The van der Waals surface area contributed by atoms with E-state index in [0.29, 0.717) is 5.92 Å². The highest BCUT2D eigenvalue weighted by Gasteiger charge is 2.30. The highest BCUT2D eigenvalue weighted by atomic mass is 19.1. The Labute approximate surface area is 191 Å². The molecule has 0 aromatic heterocycles. The summed E-state index contributed by atoms with van der Waals surface area (Å²) in [6.45, 7) is 4.49. The van der Waals surface area contributed by atoms with Crippen molar-refractivity contribution in [2.75, 3.05) is 0 Å². The van der Waals surface area contributed by atoms with Crippen LogP contribution in [0.2, 0.25) is 0 Å². The van der Waals surface area contributed by atoms with Crippen molar-refractivity contribution in [3.05, 3.63) is 35.1 Å². The summed E-state index contributed by atoms with van der Waals surface area (Å²) in [4.78, 5) is 0. The predicted molar refractivity (Wildman–Crippen MR) is 132 cm³/mol. The Balaban J connectivity index is 1.40. The van der Waals surface area contributed by atoms with E-state index >= 15 is 0 Å². The fourth-order valence-corrected chi connectivity index (χ4v) is 5.94. The molecule has 0 N–H and O–H groups in total. The van der Waals surface area contributed by atoms with Crippen molar-refractivity contribution in [2.45, 2.75) is 117 Å². The number of benzene rings is 1. The Morgan fingerprint density at radius 3 is 2.10 bits per heavy atom. The van der Waals surface area contributed by atoms with E-state index in [0.717, 1.165) is 41.7 Å². The van der Waals surface area contributed by atoms with E-state index in [4.69, 9.17) is 0 Å². The average Bonchev–Trinajstić information content (AvgIpc) is 2.80. The Morgan fingerprint density at radius 2 is 1.45 bits per heavy atom. The normalized spacial score (nSPS) is 26.3. The summed E-state index contributed by atoms with van der Waals surface area (Å²) in [5.41, 5.74) is 1.69. The van der Waals surface area contributed by atoms with Gasteiger partial charge in [0.25, 0.3) is 0 Å². The number of unbranched alkanes of at least 4 members (excludes halogenated alkanes) is 4. The van der Waals surface area contributed by atoms with Crippen LogP contribution in [0.5, 0.6) is 0 Å². The summed E-state index contributed by atoms with van der Waals surface area (Å²) in [6, 6.07) is 5.62. The molecule has 0 unspecified atom stereocenters. The van der Waals surface area contributed by atoms with Gasteiger partial charge in [0.2, 0.25) is 0 Å². The fraction of sp³-hybridized carbons (Fsp3) is 0.733. The van der Waals surface area contributed by atoms with Crippen molar-refractivity contribution in [3.63, 3.8) is 0 Å². The third-order valence-electron chi connectivity index (χ3n) is 8.07. The third-order valence-corrected chi connectivity index (χ3v) is 8.07. The van der Waals surface area contributed by atoms with E-state index in [1.54, 1.807) is 6.07 Å². The van der Waals surface area contributed by atoms with Gasteiger partial charge in [-0.05, 0) is 86.8 Å². The molecule has 0 nitrogen and oxygen atoms in total. The van der Waals surface area contributed by atoms with Crippen LogP contribution >= 0.6 is 0 Å². The lowest BCUT2D eigenvalue weighted by Crippen LogP contribution is -2.25. The average molecular weight is 425 g/mol. The molecule has 0 aliphatic heterocycles. The zero-order chi connectivity index (χ0) is 21.9. The lowest BCUT2D eigenvalue weighted by Gasteiger charge is -2.37. The number of hydrogen-bond acceptors (Lipinski definition) is 0. The van der Waals surface area contributed by atoms with Crippen LogP contribution in [0.4, 0.5) is 4.39 Å². The summed E-state index contributed by atoms with van der Waals surface area (Å²) in [5, 5.41) is 0. The van der Waals surface area contributed by atoms with Crippen LogP contribution in [0, 0.1) is 41.3 Å². The zero-order valence-electron chi connectivity index (χ0n) is 20.2. The molecule has 2 aliphatic rings. The van der Waals surface area contributed by atoms with Gasteiger partial charge in [0.05, 0.1) is 0 Å². The molecule has 0 radical (unpaired) electrons. The molecule has 0 atom stereocenters. The highest BCUT2D eigenvalue weighted by Crippen LogP contribution is 2.42. The van der Waals surface area contributed by atoms with Crippen LogP contribution in [-0.2, 0) is 6.42 Å². The standard InChI is InChI=1S/C30H45F/c1-3-5-7-9-24-13-18-27(19-14-24)28-20-15-25(16-21-28)11-12-26-17-22-29(30(31)23-26)10-8-6-4-2/h17,22-25,27-28H,3-10,13-16,18-21H2,1-2H3/t24-,25-,27-,28-. The minimum Gasteiger partial charge on any atom is -0.207 e. The highest BCUT2D eigenvalue weighted by molar-refractivity contribution is 5.37. The molecule has 0 amide bonds. The van der Waals surface area contributed by atoms with Crippen molar-refractivity contribution in [2.24, 2.45) is 23.7 Å². The van der Waals surface area contributed by atoms with Crippen LogP contribution < -0.4 is 0 Å². The molecule has 172 valence electrons. The summed E-state index contributed by atoms with van der Waals surface area (Å²) >= 11 is 0. The molecule has 1 aromatic rings. The minimum absolute atomic E-state index is 0.0723. The van der Waals surface area contributed by atoms with Crippen LogP contribution in [0.3, 0.4) is 0 Å². The van der Waals surface area contributed by atoms with E-state index in [-0.39, 0.29) is 5.82 Å². The molecular formula is C30H45F. The topological polar surface area (TPSA) is 0 Å². The maximum absolute atomic E-state index is 14.3. The SMILES string of the molecule is CCCCCc1ccc(C#C[C@H]2CC[C@H]([C@H]3CC[C@H](CCCCC)CC3)CC2)cc1F. The maximum atomic E-state index is 14.3. The van der Waals surface area contributed by atoms with E-state index < -0.39 is 0 Å². The van der Waals surface area contributed by atoms with E-state index in [1.165, 1.54) is 89.9 Å². The maximum Gasteiger partial charge on any atom is 0.127 e. The Bertz CT molecular complexity index is 693. The van der Waals surface area contributed by atoms with Crippen LogP contribution in [-0.4, -0.2) is 0 Å². The number of rotatable bonds is 9. The Hall–Kier alpha value is -1.29. The van der Waals surface area contributed by atoms with E-state index in [1.807, 2.05) is 12.1 Å². The van der Waals surface area contributed by atoms with Gasteiger partial charge in [-0.1, -0.05) is 83.1 Å². The molecular weight excluding hydrogens is 379 g/mol. The van der Waals surface area contributed by atoms with Gasteiger partial charge in [-0.15, -0.1) is 0 Å². The third kappa shape index (κ3) is 7.97. The summed E-state index contributed by atoms with van der Waals surface area (Å²) < 4.78 is 14.3. The smallest absolute Gasteiger partial charge is 0.127 e. The van der Waals surface area contributed by atoms with Gasteiger partial charge in [0.1, 0.15) is 5.82 Å². The molecule has 2 fully saturated rings. The number of halogens is 1. The van der Waals surface area contributed by atoms with Gasteiger partial charge in [0, 0.05) is 11.5 Å². The molecule has 0 heterocycles. The summed E-state index contributed by atoms with van der Waals surface area (Å²) in [5.74, 6) is 10.1. The molecule has 2 aliphatic carbocycles. The molecule has 0 saturated heterocycles. The quantitative estimate of drug-likeness (QED) is 0.274. The largest absolute Gasteiger partial charge is 0.207 e. The molecule has 31 heavy (non-hydrogen) atoms. The first-order valence-electron chi connectivity index (χ1n) is 13.5. The van der Waals surface area contributed by atoms with Gasteiger partial charge >= 0.3 is 0 Å². The van der Waals surface area contributed by atoms with E-state index in [2.05, 4.69) is 25.7 Å². The molecule has 0 spiro atoms. The van der Waals surface area contributed by atoms with Crippen molar-refractivity contribution in [1.29, 1.82) is 0 Å². The molecule has 1 heteroatoms. The summed E-state index contributed by atoms with van der Waals surface area (Å²) in [6.07, 6.45) is 21.1. The first-order valence-corrected chi connectivity index (χ1v) is 13.5. The molecule has 1 aromatic carbocycles. The predicted octanol–water partition coefficient (Wildman–Crippen LogP) is 9.10. The van der Waals surface area contributed by atoms with Crippen molar-refractivity contribution in [3.8, 4) is 11.8 Å². The number of aryl methyl sites for hydroxylation is 1. The first-order chi connectivity index (χ1) is 15.2. The monoisotopic (exact) mass is 424 g/mol. The zero-order valence-corrected chi connectivity index (χ0v) is 20.2. The van der Waals surface area contributed by atoms with Crippen molar-refractivity contribution < 1.29 is 4.39 Å². The number of hydrogen-bond donors (Lipinski definition) is 0. The Kier molecular flexibility index (Phi) is 10.5. The summed E-state index contributed by atoms with van der Waals surface area (Å²) in [7, 11) is 0. The second kappa shape index (κ2) is 13.3. The molecule has 0 bridgehead atoms. The van der Waals surface area contributed by atoms with Gasteiger partial charge in [-0.2, -0.15) is 0 Å².